The molecule has 1 fully saturated rings. The van der Waals surface area contributed by atoms with E-state index in [9.17, 15) is 4.79 Å². The van der Waals surface area contributed by atoms with Gasteiger partial charge in [0.25, 0.3) is 0 Å². The topological polar surface area (TPSA) is 51.0 Å². The highest BCUT2D eigenvalue weighted by molar-refractivity contribution is 7.15. The van der Waals surface area contributed by atoms with Gasteiger partial charge >= 0.3 is 0 Å². The molecular formula is C15H19ClN4OS. The van der Waals surface area contributed by atoms with Crippen LogP contribution in [0.2, 0.25) is 4.34 Å². The minimum absolute atomic E-state index is 0.0247. The van der Waals surface area contributed by atoms with Gasteiger partial charge in [-0.2, -0.15) is 5.10 Å². The number of hydrogen-bond donors (Lipinski definition) is 0. The summed E-state index contributed by atoms with van der Waals surface area (Å²) in [6, 6.07) is 0. The van der Waals surface area contributed by atoms with Crippen LogP contribution in [-0.4, -0.2) is 38.7 Å². The molecule has 0 unspecified atom stereocenters. The lowest BCUT2D eigenvalue weighted by Gasteiger charge is -2.38. The van der Waals surface area contributed by atoms with E-state index in [1.807, 2.05) is 18.0 Å². The number of carbonyl (C=O) groups is 1. The second-order valence-electron chi connectivity index (χ2n) is 6.13. The van der Waals surface area contributed by atoms with Gasteiger partial charge in [0.1, 0.15) is 15.9 Å². The Kier molecular flexibility index (Phi) is 4.23. The van der Waals surface area contributed by atoms with Crippen molar-refractivity contribution in [3.05, 3.63) is 33.5 Å². The average molecular weight is 339 g/mol. The number of carbonyl (C=O) groups excluding carboxylic acids is 1. The van der Waals surface area contributed by atoms with Crippen LogP contribution in [0, 0.1) is 6.92 Å². The quantitative estimate of drug-likeness (QED) is 0.864. The van der Waals surface area contributed by atoms with Gasteiger partial charge in [-0.05, 0) is 25.3 Å². The number of aryl methyl sites for hydroxylation is 1. The fourth-order valence-corrected chi connectivity index (χ4v) is 3.90. The Labute approximate surface area is 138 Å². The molecule has 3 heterocycles. The number of piperidine rings is 1. The van der Waals surface area contributed by atoms with E-state index in [0.717, 1.165) is 40.8 Å². The molecule has 118 valence electrons. The first-order chi connectivity index (χ1) is 10.5. The third-order valence-electron chi connectivity index (χ3n) is 4.27. The normalized spacial score (nSPS) is 17.7. The van der Waals surface area contributed by atoms with Gasteiger partial charge in [-0.25, -0.2) is 4.98 Å². The first-order valence-electron chi connectivity index (χ1n) is 7.35. The van der Waals surface area contributed by atoms with E-state index >= 15 is 0 Å². The summed E-state index contributed by atoms with van der Waals surface area (Å²) in [5.41, 5.74) is 1.09. The predicted molar refractivity (Wildman–Crippen MR) is 87.3 cm³/mol. The van der Waals surface area contributed by atoms with Crippen molar-refractivity contribution < 1.29 is 4.79 Å². The number of halogens is 1. The minimum atomic E-state index is 0.0247. The molecule has 5 nitrogen and oxygen atoms in total. The summed E-state index contributed by atoms with van der Waals surface area (Å²) >= 11 is 7.54. The number of hydrogen-bond acceptors (Lipinski definition) is 4. The molecule has 2 aromatic heterocycles. The van der Waals surface area contributed by atoms with Crippen LogP contribution >= 0.6 is 22.9 Å². The maximum Gasteiger partial charge on any atom is 0.244 e. The lowest BCUT2D eigenvalue weighted by Crippen LogP contribution is -2.45. The van der Waals surface area contributed by atoms with Crippen molar-refractivity contribution >= 4 is 28.8 Å². The third-order valence-corrected chi connectivity index (χ3v) is 5.69. The molecule has 0 aromatic carbocycles. The van der Waals surface area contributed by atoms with E-state index in [4.69, 9.17) is 11.6 Å². The fourth-order valence-electron chi connectivity index (χ4n) is 2.79. The molecule has 0 aliphatic carbocycles. The molecule has 0 spiro atoms. The molecule has 0 bridgehead atoms. The molecule has 3 rings (SSSR count). The van der Waals surface area contributed by atoms with Crippen molar-refractivity contribution in [2.75, 3.05) is 13.1 Å². The van der Waals surface area contributed by atoms with E-state index in [0.29, 0.717) is 6.54 Å². The summed E-state index contributed by atoms with van der Waals surface area (Å²) in [6.07, 6.45) is 7.21. The summed E-state index contributed by atoms with van der Waals surface area (Å²) in [4.78, 5) is 18.7. The molecule has 1 aliphatic heterocycles. The first-order valence-corrected chi connectivity index (χ1v) is 8.54. The Hall–Kier alpha value is -1.40. The van der Waals surface area contributed by atoms with Gasteiger partial charge in [0.2, 0.25) is 5.91 Å². The summed E-state index contributed by atoms with van der Waals surface area (Å²) in [6.45, 7) is 6.01. The summed E-state index contributed by atoms with van der Waals surface area (Å²) < 4.78 is 2.43. The smallest absolute Gasteiger partial charge is 0.244 e. The summed E-state index contributed by atoms with van der Waals surface area (Å²) in [5.74, 6) is 0.127. The van der Waals surface area contributed by atoms with E-state index in [-0.39, 0.29) is 11.3 Å². The fraction of sp³-hybridized carbons (Fsp3) is 0.533. The number of rotatable bonds is 3. The van der Waals surface area contributed by atoms with Crippen molar-refractivity contribution in [3.63, 3.8) is 0 Å². The van der Waals surface area contributed by atoms with E-state index in [1.165, 1.54) is 0 Å². The Morgan fingerprint density at radius 2 is 2.14 bits per heavy atom. The molecular weight excluding hydrogens is 320 g/mol. The monoisotopic (exact) mass is 338 g/mol. The zero-order chi connectivity index (χ0) is 15.7. The van der Waals surface area contributed by atoms with Crippen LogP contribution in [0.25, 0.3) is 0 Å². The summed E-state index contributed by atoms with van der Waals surface area (Å²) in [5, 5.41) is 5.25. The van der Waals surface area contributed by atoms with Gasteiger partial charge in [-0.15, -0.1) is 11.3 Å². The molecule has 0 saturated carbocycles. The largest absolute Gasteiger partial charge is 0.341 e. The molecule has 0 atom stereocenters. The highest BCUT2D eigenvalue weighted by atomic mass is 35.5. The van der Waals surface area contributed by atoms with Crippen molar-refractivity contribution in [1.82, 2.24) is 19.7 Å². The number of amides is 1. The maximum atomic E-state index is 12.4. The van der Waals surface area contributed by atoms with Crippen molar-refractivity contribution in [2.24, 2.45) is 0 Å². The molecule has 1 aliphatic rings. The number of nitrogens with zero attached hydrogens (tertiary/aromatic N) is 4. The van der Waals surface area contributed by atoms with Crippen LogP contribution in [0.1, 0.15) is 30.3 Å². The van der Waals surface area contributed by atoms with Crippen molar-refractivity contribution in [3.8, 4) is 0 Å². The van der Waals surface area contributed by atoms with Gasteiger partial charge in [0.05, 0.1) is 12.4 Å². The second kappa shape index (κ2) is 6.01. The maximum absolute atomic E-state index is 12.4. The van der Waals surface area contributed by atoms with E-state index in [1.54, 1.807) is 28.4 Å². The van der Waals surface area contributed by atoms with E-state index < -0.39 is 0 Å². The SMILES string of the molecule is Cc1cnn(CC(=O)N2CCC(C)(c3ncc(Cl)s3)CC2)c1. The minimum Gasteiger partial charge on any atom is -0.341 e. The van der Waals surface area contributed by atoms with Gasteiger partial charge in [0, 0.05) is 24.7 Å². The number of likely N-dealkylation sites (tertiary alicyclic amines) is 1. The lowest BCUT2D eigenvalue weighted by molar-refractivity contribution is -0.133. The zero-order valence-corrected chi connectivity index (χ0v) is 14.3. The predicted octanol–water partition coefficient (Wildman–Crippen LogP) is 2.88. The second-order valence-corrected chi connectivity index (χ2v) is 7.79. The Balaban J connectivity index is 1.60. The standard InChI is InChI=1S/C15H19ClN4OS/c1-11-7-18-20(9-11)10-13(21)19-5-3-15(2,4-6-19)14-17-8-12(16)22-14/h7-9H,3-6,10H2,1-2H3. The highest BCUT2D eigenvalue weighted by Gasteiger charge is 2.35. The Morgan fingerprint density at radius 1 is 1.41 bits per heavy atom. The van der Waals surface area contributed by atoms with Gasteiger partial charge < -0.3 is 4.90 Å². The highest BCUT2D eigenvalue weighted by Crippen LogP contribution is 2.38. The number of aromatic nitrogens is 3. The van der Waals surface area contributed by atoms with Gasteiger partial charge in [-0.1, -0.05) is 18.5 Å². The first kappa shape index (κ1) is 15.5. The summed E-state index contributed by atoms with van der Waals surface area (Å²) in [7, 11) is 0. The van der Waals surface area contributed by atoms with Gasteiger partial charge in [0.15, 0.2) is 0 Å². The molecule has 22 heavy (non-hydrogen) atoms. The molecule has 0 N–H and O–H groups in total. The van der Waals surface area contributed by atoms with Crippen molar-refractivity contribution in [2.45, 2.75) is 38.6 Å². The number of thiazole rings is 1. The molecule has 7 heteroatoms. The van der Waals surface area contributed by atoms with Crippen LogP contribution in [-0.2, 0) is 16.8 Å². The Morgan fingerprint density at radius 3 is 2.68 bits per heavy atom. The third kappa shape index (κ3) is 3.17. The molecule has 1 amide bonds. The van der Waals surface area contributed by atoms with Crippen LogP contribution < -0.4 is 0 Å². The average Bonchev–Trinajstić information content (AvgIpc) is 3.09. The van der Waals surface area contributed by atoms with Crippen LogP contribution in [0.15, 0.2) is 18.6 Å². The molecule has 1 saturated heterocycles. The van der Waals surface area contributed by atoms with E-state index in [2.05, 4.69) is 17.0 Å². The lowest BCUT2D eigenvalue weighted by atomic mass is 9.81. The van der Waals surface area contributed by atoms with Crippen LogP contribution in [0.5, 0.6) is 0 Å². The Bertz CT molecular complexity index is 673. The van der Waals surface area contributed by atoms with Crippen molar-refractivity contribution in [1.29, 1.82) is 0 Å². The van der Waals surface area contributed by atoms with Gasteiger partial charge in [-0.3, -0.25) is 9.48 Å². The zero-order valence-electron chi connectivity index (χ0n) is 12.8. The molecule has 0 radical (unpaired) electrons. The molecule has 2 aromatic rings. The van der Waals surface area contributed by atoms with Crippen LogP contribution in [0.3, 0.4) is 0 Å². The van der Waals surface area contributed by atoms with Crippen LogP contribution in [0.4, 0.5) is 0 Å².